The molecule has 3 aromatic rings. The van der Waals surface area contributed by atoms with Gasteiger partial charge in [-0.15, -0.1) is 0 Å². The first-order valence-corrected chi connectivity index (χ1v) is 10.1. The Morgan fingerprint density at radius 1 is 1.17 bits per heavy atom. The van der Waals surface area contributed by atoms with Crippen molar-refractivity contribution >= 4 is 11.6 Å². The number of aromatic nitrogens is 2. The van der Waals surface area contributed by atoms with Gasteiger partial charge in [-0.2, -0.15) is 4.98 Å². The Kier molecular flexibility index (Phi) is 5.71. The SMILES string of the molecule is Cc1ccc(NC(=O)C2CCCN(Cc3nc(-c4cccc(C)c4)no3)C2)cc1. The third-order valence-corrected chi connectivity index (χ3v) is 5.30. The summed E-state index contributed by atoms with van der Waals surface area (Å²) < 4.78 is 5.46. The van der Waals surface area contributed by atoms with Gasteiger partial charge in [-0.25, -0.2) is 0 Å². The Labute approximate surface area is 170 Å². The highest BCUT2D eigenvalue weighted by molar-refractivity contribution is 5.92. The lowest BCUT2D eigenvalue weighted by atomic mass is 9.97. The highest BCUT2D eigenvalue weighted by Crippen LogP contribution is 2.22. The van der Waals surface area contributed by atoms with Crippen molar-refractivity contribution in [3.63, 3.8) is 0 Å². The van der Waals surface area contributed by atoms with E-state index in [1.165, 1.54) is 5.56 Å². The largest absolute Gasteiger partial charge is 0.338 e. The number of hydrogen-bond acceptors (Lipinski definition) is 5. The van der Waals surface area contributed by atoms with Crippen LogP contribution in [0.3, 0.4) is 0 Å². The summed E-state index contributed by atoms with van der Waals surface area (Å²) in [6.07, 6.45) is 1.87. The van der Waals surface area contributed by atoms with Crippen molar-refractivity contribution < 1.29 is 9.32 Å². The van der Waals surface area contributed by atoms with Crippen molar-refractivity contribution in [2.24, 2.45) is 5.92 Å². The molecule has 1 saturated heterocycles. The topological polar surface area (TPSA) is 71.3 Å². The molecule has 4 rings (SSSR count). The molecule has 1 aromatic heterocycles. The molecule has 1 fully saturated rings. The summed E-state index contributed by atoms with van der Waals surface area (Å²) in [6.45, 7) is 6.26. The minimum Gasteiger partial charge on any atom is -0.338 e. The second-order valence-corrected chi connectivity index (χ2v) is 7.81. The second kappa shape index (κ2) is 8.57. The molecular formula is C23H26N4O2. The summed E-state index contributed by atoms with van der Waals surface area (Å²) in [5.41, 5.74) is 4.13. The predicted molar refractivity (Wildman–Crippen MR) is 112 cm³/mol. The maximum Gasteiger partial charge on any atom is 0.241 e. The van der Waals surface area contributed by atoms with E-state index in [0.717, 1.165) is 36.2 Å². The van der Waals surface area contributed by atoms with Crippen LogP contribution in [0.25, 0.3) is 11.4 Å². The molecule has 1 atom stereocenters. The summed E-state index contributed by atoms with van der Waals surface area (Å²) >= 11 is 0. The van der Waals surface area contributed by atoms with Crippen LogP contribution < -0.4 is 5.32 Å². The normalized spacial score (nSPS) is 17.2. The zero-order valence-electron chi connectivity index (χ0n) is 16.9. The standard InChI is InChI=1S/C23H26N4O2/c1-16-8-10-20(11-9-16)24-23(28)19-7-4-12-27(14-19)15-21-25-22(26-29-21)18-6-3-5-17(2)13-18/h3,5-6,8-11,13,19H,4,7,12,14-15H2,1-2H3,(H,24,28). The number of nitrogens with zero attached hydrogens (tertiary/aromatic N) is 3. The van der Waals surface area contributed by atoms with Gasteiger partial charge in [0.15, 0.2) is 0 Å². The van der Waals surface area contributed by atoms with E-state index in [-0.39, 0.29) is 11.8 Å². The van der Waals surface area contributed by atoms with Crippen LogP contribution in [0.15, 0.2) is 53.1 Å². The zero-order valence-corrected chi connectivity index (χ0v) is 16.9. The first kappa shape index (κ1) is 19.3. The average Bonchev–Trinajstić information content (AvgIpc) is 3.18. The van der Waals surface area contributed by atoms with Crippen LogP contribution in [0.5, 0.6) is 0 Å². The lowest BCUT2D eigenvalue weighted by molar-refractivity contribution is -0.121. The Bertz CT molecular complexity index is 981. The molecule has 150 valence electrons. The monoisotopic (exact) mass is 390 g/mol. The summed E-state index contributed by atoms with van der Waals surface area (Å²) in [7, 11) is 0. The molecule has 29 heavy (non-hydrogen) atoms. The van der Waals surface area contributed by atoms with Crippen LogP contribution in [0, 0.1) is 19.8 Å². The molecule has 0 bridgehead atoms. The van der Waals surface area contributed by atoms with Crippen molar-refractivity contribution in [1.82, 2.24) is 15.0 Å². The van der Waals surface area contributed by atoms with E-state index in [4.69, 9.17) is 4.52 Å². The van der Waals surface area contributed by atoms with Crippen molar-refractivity contribution in [1.29, 1.82) is 0 Å². The van der Waals surface area contributed by atoms with E-state index < -0.39 is 0 Å². The fraction of sp³-hybridized carbons (Fsp3) is 0.348. The summed E-state index contributed by atoms with van der Waals surface area (Å²) in [6, 6.07) is 15.9. The van der Waals surface area contributed by atoms with E-state index in [0.29, 0.717) is 24.8 Å². The molecule has 6 heteroatoms. The molecule has 2 heterocycles. The van der Waals surface area contributed by atoms with Gasteiger partial charge in [-0.3, -0.25) is 9.69 Å². The molecule has 1 N–H and O–H groups in total. The molecular weight excluding hydrogens is 364 g/mol. The van der Waals surface area contributed by atoms with Crippen molar-refractivity contribution in [2.75, 3.05) is 18.4 Å². The van der Waals surface area contributed by atoms with E-state index in [2.05, 4.69) is 20.4 Å². The third-order valence-electron chi connectivity index (χ3n) is 5.30. The van der Waals surface area contributed by atoms with E-state index in [9.17, 15) is 4.79 Å². The lowest BCUT2D eigenvalue weighted by Crippen LogP contribution is -2.40. The van der Waals surface area contributed by atoms with Gasteiger partial charge in [0.25, 0.3) is 0 Å². The maximum absolute atomic E-state index is 12.7. The summed E-state index contributed by atoms with van der Waals surface area (Å²) in [5.74, 6) is 1.23. The second-order valence-electron chi connectivity index (χ2n) is 7.81. The molecule has 1 aliphatic rings. The predicted octanol–water partition coefficient (Wildman–Crippen LogP) is 4.20. The number of anilines is 1. The Morgan fingerprint density at radius 3 is 2.79 bits per heavy atom. The smallest absolute Gasteiger partial charge is 0.241 e. The number of carbonyl (C=O) groups excluding carboxylic acids is 1. The fourth-order valence-electron chi connectivity index (χ4n) is 3.71. The Balaban J connectivity index is 1.36. The highest BCUT2D eigenvalue weighted by Gasteiger charge is 2.27. The minimum absolute atomic E-state index is 0.0378. The van der Waals surface area contributed by atoms with Crippen LogP contribution >= 0.6 is 0 Å². The van der Waals surface area contributed by atoms with Gasteiger partial charge in [-0.1, -0.05) is 46.6 Å². The van der Waals surface area contributed by atoms with Gasteiger partial charge in [-0.05, 0) is 51.4 Å². The van der Waals surface area contributed by atoms with Crippen LogP contribution in [-0.2, 0) is 11.3 Å². The van der Waals surface area contributed by atoms with E-state index in [1.807, 2.05) is 62.4 Å². The maximum atomic E-state index is 12.7. The molecule has 0 radical (unpaired) electrons. The average molecular weight is 390 g/mol. The number of benzene rings is 2. The molecule has 1 amide bonds. The first-order valence-electron chi connectivity index (χ1n) is 10.1. The van der Waals surface area contributed by atoms with E-state index >= 15 is 0 Å². The van der Waals surface area contributed by atoms with Gasteiger partial charge in [0.2, 0.25) is 17.6 Å². The van der Waals surface area contributed by atoms with Crippen LogP contribution in [0.4, 0.5) is 5.69 Å². The fourth-order valence-corrected chi connectivity index (χ4v) is 3.71. The van der Waals surface area contributed by atoms with Crippen molar-refractivity contribution in [3.8, 4) is 11.4 Å². The number of amides is 1. The molecule has 0 saturated carbocycles. The number of likely N-dealkylation sites (tertiary alicyclic amines) is 1. The van der Waals surface area contributed by atoms with Gasteiger partial charge < -0.3 is 9.84 Å². The molecule has 0 aliphatic carbocycles. The summed E-state index contributed by atoms with van der Waals surface area (Å²) in [4.78, 5) is 19.4. The molecule has 6 nitrogen and oxygen atoms in total. The number of hydrogen-bond donors (Lipinski definition) is 1. The number of rotatable bonds is 5. The van der Waals surface area contributed by atoms with Crippen LogP contribution in [0.1, 0.15) is 29.9 Å². The minimum atomic E-state index is -0.0378. The lowest BCUT2D eigenvalue weighted by Gasteiger charge is -2.30. The van der Waals surface area contributed by atoms with E-state index in [1.54, 1.807) is 0 Å². The Hall–Kier alpha value is -2.99. The molecule has 1 unspecified atom stereocenters. The first-order chi connectivity index (χ1) is 14.1. The molecule has 0 spiro atoms. The number of nitrogens with one attached hydrogen (secondary N) is 1. The number of piperidine rings is 1. The Morgan fingerprint density at radius 2 is 2.00 bits per heavy atom. The number of aryl methyl sites for hydroxylation is 2. The molecule has 2 aromatic carbocycles. The van der Waals surface area contributed by atoms with Crippen LogP contribution in [-0.4, -0.2) is 34.0 Å². The third kappa shape index (κ3) is 4.90. The quantitative estimate of drug-likeness (QED) is 0.707. The van der Waals surface area contributed by atoms with Gasteiger partial charge >= 0.3 is 0 Å². The summed E-state index contributed by atoms with van der Waals surface area (Å²) in [5, 5.41) is 7.16. The van der Waals surface area contributed by atoms with Crippen molar-refractivity contribution in [3.05, 3.63) is 65.5 Å². The van der Waals surface area contributed by atoms with Crippen molar-refractivity contribution in [2.45, 2.75) is 33.2 Å². The van der Waals surface area contributed by atoms with Gasteiger partial charge in [0, 0.05) is 17.8 Å². The van der Waals surface area contributed by atoms with Gasteiger partial charge in [0.05, 0.1) is 12.5 Å². The zero-order chi connectivity index (χ0) is 20.2. The highest BCUT2D eigenvalue weighted by atomic mass is 16.5. The molecule has 1 aliphatic heterocycles. The number of carbonyl (C=O) groups is 1. The van der Waals surface area contributed by atoms with Gasteiger partial charge in [0.1, 0.15) is 0 Å². The van der Waals surface area contributed by atoms with Crippen LogP contribution in [0.2, 0.25) is 0 Å².